The van der Waals surface area contributed by atoms with E-state index in [0.29, 0.717) is 11.6 Å². The molecule has 0 saturated carbocycles. The van der Waals surface area contributed by atoms with E-state index < -0.39 is 16.7 Å². The van der Waals surface area contributed by atoms with Crippen molar-refractivity contribution in [3.05, 3.63) is 62.9 Å². The average Bonchev–Trinajstić information content (AvgIpc) is 3.03. The number of furan rings is 1. The van der Waals surface area contributed by atoms with E-state index in [0.717, 1.165) is 11.6 Å². The van der Waals surface area contributed by atoms with Gasteiger partial charge in [-0.3, -0.25) is 19.7 Å². The molecular formula is C16H14ClN3O5. The smallest absolute Gasteiger partial charge is 0.395 e. The minimum Gasteiger partial charge on any atom is -0.395 e. The Bertz CT molecular complexity index is 811. The van der Waals surface area contributed by atoms with Gasteiger partial charge in [0.15, 0.2) is 5.76 Å². The van der Waals surface area contributed by atoms with Gasteiger partial charge in [-0.25, -0.2) is 0 Å². The van der Waals surface area contributed by atoms with Crippen LogP contribution in [0.25, 0.3) is 0 Å². The zero-order valence-corrected chi connectivity index (χ0v) is 13.7. The molecule has 0 aliphatic carbocycles. The summed E-state index contributed by atoms with van der Waals surface area (Å²) in [6.45, 7) is 0.879. The fourth-order valence-corrected chi connectivity index (χ4v) is 2.57. The van der Waals surface area contributed by atoms with Crippen molar-refractivity contribution in [2.45, 2.75) is 6.54 Å². The van der Waals surface area contributed by atoms with E-state index in [4.69, 9.17) is 16.0 Å². The van der Waals surface area contributed by atoms with Crippen molar-refractivity contribution in [1.82, 2.24) is 10.2 Å². The van der Waals surface area contributed by atoms with Crippen LogP contribution >= 0.6 is 11.6 Å². The first kappa shape index (κ1) is 17.0. The predicted octanol–water partition coefficient (Wildman–Crippen LogP) is 2.23. The van der Waals surface area contributed by atoms with Gasteiger partial charge < -0.3 is 14.6 Å². The van der Waals surface area contributed by atoms with Crippen molar-refractivity contribution in [2.24, 2.45) is 5.92 Å². The number of carbonyl (C=O) groups excluding carboxylic acids is 2. The molecule has 130 valence electrons. The van der Waals surface area contributed by atoms with E-state index in [9.17, 15) is 19.7 Å². The van der Waals surface area contributed by atoms with E-state index in [1.54, 1.807) is 12.1 Å². The number of halogens is 1. The van der Waals surface area contributed by atoms with Gasteiger partial charge in [-0.1, -0.05) is 23.7 Å². The van der Waals surface area contributed by atoms with Crippen LogP contribution < -0.4 is 5.32 Å². The fraction of sp³-hybridized carbons (Fsp3) is 0.250. The summed E-state index contributed by atoms with van der Waals surface area (Å²) in [5.41, 5.74) is 0.924. The molecule has 0 radical (unpaired) electrons. The van der Waals surface area contributed by atoms with E-state index in [2.05, 4.69) is 5.32 Å². The van der Waals surface area contributed by atoms with E-state index in [-0.39, 0.29) is 30.7 Å². The third kappa shape index (κ3) is 3.80. The molecule has 0 bridgehead atoms. The van der Waals surface area contributed by atoms with Gasteiger partial charge in [0.25, 0.3) is 5.91 Å². The fourth-order valence-electron chi connectivity index (χ4n) is 2.44. The van der Waals surface area contributed by atoms with Gasteiger partial charge >= 0.3 is 5.88 Å². The molecule has 3 rings (SSSR count). The highest BCUT2D eigenvalue weighted by Crippen LogP contribution is 2.22. The molecule has 1 aliphatic heterocycles. The monoisotopic (exact) mass is 363 g/mol. The molecule has 8 nitrogen and oxygen atoms in total. The minimum atomic E-state index is -0.708. The highest BCUT2D eigenvalue weighted by atomic mass is 35.5. The van der Waals surface area contributed by atoms with Crippen LogP contribution in [0, 0.1) is 16.0 Å². The maximum atomic E-state index is 12.1. The van der Waals surface area contributed by atoms with Crippen LogP contribution in [-0.2, 0) is 11.3 Å². The first-order valence-electron chi connectivity index (χ1n) is 7.49. The van der Waals surface area contributed by atoms with Crippen LogP contribution in [0.2, 0.25) is 5.02 Å². The van der Waals surface area contributed by atoms with Crippen molar-refractivity contribution >= 4 is 29.3 Å². The number of benzene rings is 1. The second-order valence-electron chi connectivity index (χ2n) is 5.65. The molecule has 0 atom stereocenters. The van der Waals surface area contributed by atoms with E-state index >= 15 is 0 Å². The molecule has 9 heteroatoms. The number of carbonyl (C=O) groups is 2. The molecule has 1 aliphatic rings. The van der Waals surface area contributed by atoms with Crippen LogP contribution in [-0.4, -0.2) is 34.7 Å². The molecule has 1 N–H and O–H groups in total. The molecule has 2 aromatic rings. The Labute approximate surface area is 147 Å². The largest absolute Gasteiger partial charge is 0.433 e. The minimum absolute atomic E-state index is 0.105. The SMILES string of the molecule is O=C(NCc1ccc(Cl)cc1)C1CN(C(=O)c2ccc([N+](=O)[O-])o2)C1. The van der Waals surface area contributed by atoms with Gasteiger partial charge in [0.1, 0.15) is 4.92 Å². The lowest BCUT2D eigenvalue weighted by atomic mass is 9.98. The Morgan fingerprint density at radius 2 is 1.92 bits per heavy atom. The number of rotatable bonds is 5. The van der Waals surface area contributed by atoms with E-state index in [1.807, 2.05) is 12.1 Å². The van der Waals surface area contributed by atoms with Gasteiger partial charge in [-0.15, -0.1) is 0 Å². The molecule has 1 aromatic carbocycles. The molecule has 0 unspecified atom stereocenters. The molecule has 2 amide bonds. The average molecular weight is 364 g/mol. The molecular weight excluding hydrogens is 350 g/mol. The van der Waals surface area contributed by atoms with Crippen molar-refractivity contribution in [3.63, 3.8) is 0 Å². The van der Waals surface area contributed by atoms with Crippen LogP contribution in [0.5, 0.6) is 0 Å². The lowest BCUT2D eigenvalue weighted by Crippen LogP contribution is -2.55. The van der Waals surface area contributed by atoms with Crippen LogP contribution in [0.4, 0.5) is 5.88 Å². The number of hydrogen-bond acceptors (Lipinski definition) is 5. The summed E-state index contributed by atoms with van der Waals surface area (Å²) in [5, 5.41) is 14.0. The highest BCUT2D eigenvalue weighted by Gasteiger charge is 2.37. The highest BCUT2D eigenvalue weighted by molar-refractivity contribution is 6.30. The zero-order chi connectivity index (χ0) is 18.0. The van der Waals surface area contributed by atoms with Gasteiger partial charge in [0, 0.05) is 24.7 Å². The van der Waals surface area contributed by atoms with Crippen LogP contribution in [0.3, 0.4) is 0 Å². The van der Waals surface area contributed by atoms with Crippen molar-refractivity contribution in [3.8, 4) is 0 Å². The lowest BCUT2D eigenvalue weighted by molar-refractivity contribution is -0.402. The van der Waals surface area contributed by atoms with Gasteiger partial charge in [-0.2, -0.15) is 0 Å². The predicted molar refractivity (Wildman–Crippen MR) is 88.1 cm³/mol. The van der Waals surface area contributed by atoms with Crippen molar-refractivity contribution < 1.29 is 18.9 Å². The molecule has 25 heavy (non-hydrogen) atoms. The second-order valence-corrected chi connectivity index (χ2v) is 6.08. The second kappa shape index (κ2) is 6.94. The maximum absolute atomic E-state index is 12.1. The quantitative estimate of drug-likeness (QED) is 0.647. The molecule has 0 spiro atoms. The summed E-state index contributed by atoms with van der Waals surface area (Å²) < 4.78 is 4.87. The topological polar surface area (TPSA) is 106 Å². The number of nitrogens with one attached hydrogen (secondary N) is 1. The van der Waals surface area contributed by atoms with Crippen LogP contribution in [0.15, 0.2) is 40.8 Å². The Morgan fingerprint density at radius 3 is 2.52 bits per heavy atom. The van der Waals surface area contributed by atoms with E-state index in [1.165, 1.54) is 11.0 Å². The molecule has 1 aromatic heterocycles. The summed E-state index contributed by atoms with van der Waals surface area (Å²) in [7, 11) is 0. The normalized spacial score (nSPS) is 14.0. The number of amides is 2. The number of nitrogens with zero attached hydrogens (tertiary/aromatic N) is 2. The Hall–Kier alpha value is -2.87. The summed E-state index contributed by atoms with van der Waals surface area (Å²) in [6, 6.07) is 9.52. The third-order valence-electron chi connectivity index (χ3n) is 3.90. The van der Waals surface area contributed by atoms with Crippen molar-refractivity contribution in [2.75, 3.05) is 13.1 Å². The lowest BCUT2D eigenvalue weighted by Gasteiger charge is -2.37. The molecule has 2 heterocycles. The Morgan fingerprint density at radius 1 is 1.24 bits per heavy atom. The summed E-state index contributed by atoms with van der Waals surface area (Å²) in [5.74, 6) is -1.51. The number of hydrogen-bond donors (Lipinski definition) is 1. The number of nitro groups is 1. The van der Waals surface area contributed by atoms with Gasteiger partial charge in [0.05, 0.1) is 12.0 Å². The maximum Gasteiger partial charge on any atom is 0.433 e. The summed E-state index contributed by atoms with van der Waals surface area (Å²) in [6.07, 6.45) is 0. The molecule has 1 fully saturated rings. The zero-order valence-electron chi connectivity index (χ0n) is 13.0. The standard InChI is InChI=1S/C16H14ClN3O5/c17-12-3-1-10(2-4-12)7-18-15(21)11-8-19(9-11)16(22)13-5-6-14(25-13)20(23)24/h1-6,11H,7-9H2,(H,18,21). The van der Waals surface area contributed by atoms with Crippen LogP contribution in [0.1, 0.15) is 16.1 Å². The van der Waals surface area contributed by atoms with Gasteiger partial charge in [-0.05, 0) is 23.8 Å². The first-order chi connectivity index (χ1) is 11.9. The third-order valence-corrected chi connectivity index (χ3v) is 4.15. The van der Waals surface area contributed by atoms with Crippen molar-refractivity contribution in [1.29, 1.82) is 0 Å². The van der Waals surface area contributed by atoms with Gasteiger partial charge in [0.2, 0.25) is 5.91 Å². The molecule has 1 saturated heterocycles. The summed E-state index contributed by atoms with van der Waals surface area (Å²) >= 11 is 5.80. The Balaban J connectivity index is 1.47. The number of likely N-dealkylation sites (tertiary alicyclic amines) is 1. The first-order valence-corrected chi connectivity index (χ1v) is 7.87. The summed E-state index contributed by atoms with van der Waals surface area (Å²) in [4.78, 5) is 35.5. The Kier molecular flexibility index (Phi) is 4.71.